The normalized spacial score (nSPS) is 14.1. The van der Waals surface area contributed by atoms with Gasteiger partial charge in [0.25, 0.3) is 0 Å². The topological polar surface area (TPSA) is 9.23 Å². The highest BCUT2D eigenvalue weighted by Gasteiger charge is 2.43. The fraction of sp³-hybridized carbons (Fsp3) is 1.00. The summed E-state index contributed by atoms with van der Waals surface area (Å²) >= 11 is 0. The molecule has 0 aromatic rings. The lowest BCUT2D eigenvalue weighted by Gasteiger charge is -2.47. The summed E-state index contributed by atoms with van der Waals surface area (Å²) < 4.78 is 6.10. The maximum atomic E-state index is 6.10. The van der Waals surface area contributed by atoms with Crippen molar-refractivity contribution in [2.24, 2.45) is 5.41 Å². The molecular formula is C11H26BOP. The predicted molar refractivity (Wildman–Crippen MR) is 69.9 cm³/mol. The highest BCUT2D eigenvalue weighted by Crippen LogP contribution is 2.47. The zero-order chi connectivity index (χ0) is 11.2. The molecule has 0 aromatic carbocycles. The Hall–Kier alpha value is 0.455. The van der Waals surface area contributed by atoms with E-state index in [1.807, 2.05) is 0 Å². The summed E-state index contributed by atoms with van der Waals surface area (Å²) in [6.07, 6.45) is 4.66. The summed E-state index contributed by atoms with van der Waals surface area (Å²) in [4.78, 5) is 0. The minimum atomic E-state index is 0.101. The molecule has 0 bridgehead atoms. The molecule has 0 amide bonds. The molecule has 0 rings (SSSR count). The Labute approximate surface area is 92.6 Å². The molecule has 0 aliphatic heterocycles. The molecule has 3 heteroatoms. The molecule has 0 aromatic heterocycles. The van der Waals surface area contributed by atoms with Crippen LogP contribution in [0.2, 0.25) is 0 Å². The molecule has 0 saturated carbocycles. The molecule has 0 fully saturated rings. The predicted octanol–water partition coefficient (Wildman–Crippen LogP) is 3.53. The Morgan fingerprint density at radius 1 is 1.00 bits per heavy atom. The van der Waals surface area contributed by atoms with Gasteiger partial charge in [-0.25, -0.2) is 0 Å². The van der Waals surface area contributed by atoms with Gasteiger partial charge >= 0.3 is 0 Å². The van der Waals surface area contributed by atoms with Gasteiger partial charge in [-0.05, 0) is 39.8 Å². The number of hydrogen-bond acceptors (Lipinski definition) is 1. The first-order chi connectivity index (χ1) is 6.55. The fourth-order valence-corrected chi connectivity index (χ4v) is 3.39. The highest BCUT2D eigenvalue weighted by atomic mass is 31.1. The monoisotopic (exact) mass is 216 g/mol. The average Bonchev–Trinajstić information content (AvgIpc) is 2.24. The maximum Gasteiger partial charge on any atom is 0.165 e. The lowest BCUT2D eigenvalue weighted by Crippen LogP contribution is -2.45. The summed E-state index contributed by atoms with van der Waals surface area (Å²) in [5.41, 5.74) is 0.434. The molecular weight excluding hydrogens is 190 g/mol. The van der Waals surface area contributed by atoms with E-state index >= 15 is 0 Å². The second kappa shape index (κ2) is 6.13. The Morgan fingerprint density at radius 3 is 1.64 bits per heavy atom. The van der Waals surface area contributed by atoms with Crippen molar-refractivity contribution in [2.45, 2.75) is 65.9 Å². The van der Waals surface area contributed by atoms with Crippen LogP contribution < -0.4 is 0 Å². The standard InChI is InChI=1S/C11H26BOP/c1-6-10(5,7-2)11(8-3,9-4)13-14-12/h14H,6-9,12H2,1-5H3. The van der Waals surface area contributed by atoms with E-state index in [0.29, 0.717) is 14.1 Å². The lowest BCUT2D eigenvalue weighted by atomic mass is 9.67. The van der Waals surface area contributed by atoms with Gasteiger partial charge in [-0.3, -0.25) is 0 Å². The van der Waals surface area contributed by atoms with Crippen LogP contribution in [0.25, 0.3) is 0 Å². The molecule has 1 atom stereocenters. The van der Waals surface area contributed by atoms with Crippen LogP contribution in [0.15, 0.2) is 0 Å². The maximum absolute atomic E-state index is 6.10. The van der Waals surface area contributed by atoms with Gasteiger partial charge in [0, 0.05) is 0 Å². The SMILES string of the molecule is BPOC(CC)(CC)C(C)(CC)CC. The Bertz CT molecular complexity index is 153. The first-order valence-corrected chi connectivity index (χ1v) is 7.31. The molecule has 1 nitrogen and oxygen atoms in total. The summed E-state index contributed by atoms with van der Waals surface area (Å²) in [7, 11) is 2.73. The second-order valence-corrected chi connectivity index (χ2v) is 4.89. The molecule has 0 radical (unpaired) electrons. The summed E-state index contributed by atoms with van der Waals surface area (Å²) in [5, 5.41) is 0. The van der Waals surface area contributed by atoms with Crippen LogP contribution in [0.3, 0.4) is 0 Å². The van der Waals surface area contributed by atoms with E-state index < -0.39 is 0 Å². The van der Waals surface area contributed by atoms with Crippen LogP contribution in [0.4, 0.5) is 0 Å². The van der Waals surface area contributed by atoms with Crippen LogP contribution in [0, 0.1) is 5.41 Å². The van der Waals surface area contributed by atoms with E-state index in [0.717, 1.165) is 12.8 Å². The Morgan fingerprint density at radius 2 is 1.43 bits per heavy atom. The van der Waals surface area contributed by atoms with Crippen molar-refractivity contribution in [2.75, 3.05) is 0 Å². The molecule has 0 N–H and O–H groups in total. The van der Waals surface area contributed by atoms with E-state index in [9.17, 15) is 0 Å². The average molecular weight is 216 g/mol. The fourth-order valence-electron chi connectivity index (χ4n) is 2.46. The third-order valence-electron chi connectivity index (χ3n) is 4.10. The molecule has 0 saturated heterocycles. The van der Waals surface area contributed by atoms with Gasteiger partial charge in [-0.15, -0.1) is 0 Å². The third-order valence-corrected chi connectivity index (χ3v) is 4.70. The van der Waals surface area contributed by atoms with Crippen molar-refractivity contribution < 1.29 is 4.52 Å². The van der Waals surface area contributed by atoms with E-state index in [1.165, 1.54) is 12.8 Å². The van der Waals surface area contributed by atoms with E-state index in [2.05, 4.69) is 42.2 Å². The van der Waals surface area contributed by atoms with E-state index in [1.54, 1.807) is 0 Å². The molecule has 14 heavy (non-hydrogen) atoms. The van der Waals surface area contributed by atoms with Gasteiger partial charge in [-0.1, -0.05) is 34.6 Å². The van der Waals surface area contributed by atoms with Gasteiger partial charge in [0.2, 0.25) is 0 Å². The van der Waals surface area contributed by atoms with Crippen molar-refractivity contribution in [1.82, 2.24) is 0 Å². The summed E-state index contributed by atoms with van der Waals surface area (Å²) in [6, 6.07) is 0. The first kappa shape index (κ1) is 14.5. The van der Waals surface area contributed by atoms with Crippen molar-refractivity contribution in [3.8, 4) is 0 Å². The Balaban J connectivity index is 4.92. The van der Waals surface area contributed by atoms with Crippen molar-refractivity contribution in [3.63, 3.8) is 0 Å². The van der Waals surface area contributed by atoms with Gasteiger partial charge in [0.05, 0.1) is 5.60 Å². The van der Waals surface area contributed by atoms with Crippen molar-refractivity contribution >= 4 is 16.3 Å². The molecule has 0 aliphatic rings. The van der Waals surface area contributed by atoms with Crippen LogP contribution >= 0.6 is 8.69 Å². The smallest absolute Gasteiger partial charge is 0.165 e. The quantitative estimate of drug-likeness (QED) is 0.467. The summed E-state index contributed by atoms with van der Waals surface area (Å²) in [5.74, 6) is 0. The zero-order valence-corrected chi connectivity index (χ0v) is 11.7. The second-order valence-electron chi connectivity index (χ2n) is 4.28. The van der Waals surface area contributed by atoms with Gasteiger partial charge < -0.3 is 4.52 Å². The zero-order valence-electron chi connectivity index (χ0n) is 10.7. The van der Waals surface area contributed by atoms with Gasteiger partial charge in [0.1, 0.15) is 0 Å². The Kier molecular flexibility index (Phi) is 6.33. The number of rotatable bonds is 7. The lowest BCUT2D eigenvalue weighted by molar-refractivity contribution is -0.0525. The van der Waals surface area contributed by atoms with E-state index in [4.69, 9.17) is 4.52 Å². The summed E-state index contributed by atoms with van der Waals surface area (Å²) in [6.45, 7) is 11.5. The van der Waals surface area contributed by atoms with E-state index in [-0.39, 0.29) is 5.60 Å². The van der Waals surface area contributed by atoms with Crippen molar-refractivity contribution in [1.29, 1.82) is 0 Å². The number of hydrogen-bond donors (Lipinski definition) is 0. The first-order valence-electron chi connectivity index (χ1n) is 5.90. The molecule has 0 heterocycles. The molecule has 1 unspecified atom stereocenters. The van der Waals surface area contributed by atoms with Crippen molar-refractivity contribution in [3.05, 3.63) is 0 Å². The van der Waals surface area contributed by atoms with Crippen LogP contribution in [0.5, 0.6) is 0 Å². The van der Waals surface area contributed by atoms with Gasteiger partial charge in [0.15, 0.2) is 7.57 Å². The molecule has 0 spiro atoms. The highest BCUT2D eigenvalue weighted by molar-refractivity contribution is 7.62. The minimum Gasteiger partial charge on any atom is -0.366 e. The minimum absolute atomic E-state index is 0.101. The van der Waals surface area contributed by atoms with Crippen LogP contribution in [0.1, 0.15) is 60.3 Å². The van der Waals surface area contributed by atoms with Gasteiger partial charge in [-0.2, -0.15) is 0 Å². The van der Waals surface area contributed by atoms with Crippen LogP contribution in [-0.4, -0.2) is 13.2 Å². The molecule has 0 aliphatic carbocycles. The largest absolute Gasteiger partial charge is 0.366 e. The third kappa shape index (κ3) is 2.52. The van der Waals surface area contributed by atoms with Crippen LogP contribution in [-0.2, 0) is 4.52 Å². The molecule has 84 valence electrons.